The number of halogens is 1. The molecule has 118 valence electrons. The fourth-order valence-corrected chi connectivity index (χ4v) is 2.66. The third kappa shape index (κ3) is 4.73. The fourth-order valence-electron chi connectivity index (χ4n) is 1.91. The second-order valence-corrected chi connectivity index (χ2v) is 5.59. The van der Waals surface area contributed by atoms with Gasteiger partial charge in [0.05, 0.1) is 5.75 Å². The standard InChI is InChI=1S/C14H16FN3O3S/c15-11-3-1-10(2-4-11)5-6-16-13(20)17-7-8-18-12(19)9-22-14(18)21/h1-4H,5-9H2,(H2,16,17,20). The first-order chi connectivity index (χ1) is 10.6. The molecule has 1 saturated heterocycles. The van der Waals surface area contributed by atoms with E-state index >= 15 is 0 Å². The van der Waals surface area contributed by atoms with Crippen LogP contribution in [0.5, 0.6) is 0 Å². The Morgan fingerprint density at radius 3 is 2.50 bits per heavy atom. The van der Waals surface area contributed by atoms with E-state index in [0.717, 1.165) is 22.2 Å². The molecule has 8 heteroatoms. The molecule has 0 radical (unpaired) electrons. The summed E-state index contributed by atoms with van der Waals surface area (Å²) in [4.78, 5) is 35.3. The molecular formula is C14H16FN3O3S. The fraction of sp³-hybridized carbons (Fsp3) is 0.357. The van der Waals surface area contributed by atoms with Gasteiger partial charge in [0, 0.05) is 19.6 Å². The van der Waals surface area contributed by atoms with Gasteiger partial charge >= 0.3 is 6.03 Å². The SMILES string of the molecule is O=C(NCCc1ccc(F)cc1)NCCN1C(=O)CSC1=O. The van der Waals surface area contributed by atoms with E-state index in [9.17, 15) is 18.8 Å². The van der Waals surface area contributed by atoms with Gasteiger partial charge < -0.3 is 10.6 Å². The predicted molar refractivity (Wildman–Crippen MR) is 81.1 cm³/mol. The van der Waals surface area contributed by atoms with Crippen molar-refractivity contribution in [1.82, 2.24) is 15.5 Å². The van der Waals surface area contributed by atoms with Crippen molar-refractivity contribution < 1.29 is 18.8 Å². The number of carbonyl (C=O) groups is 3. The van der Waals surface area contributed by atoms with Crippen molar-refractivity contribution in [2.45, 2.75) is 6.42 Å². The Morgan fingerprint density at radius 2 is 1.86 bits per heavy atom. The van der Waals surface area contributed by atoms with Crippen LogP contribution < -0.4 is 10.6 Å². The zero-order valence-electron chi connectivity index (χ0n) is 11.8. The van der Waals surface area contributed by atoms with E-state index in [1.807, 2.05) is 0 Å². The van der Waals surface area contributed by atoms with Gasteiger partial charge in [0.2, 0.25) is 5.91 Å². The van der Waals surface area contributed by atoms with Crippen LogP contribution in [0.3, 0.4) is 0 Å². The first-order valence-electron chi connectivity index (χ1n) is 6.79. The summed E-state index contributed by atoms with van der Waals surface area (Å²) >= 11 is 0.967. The molecule has 0 saturated carbocycles. The summed E-state index contributed by atoms with van der Waals surface area (Å²) in [6.07, 6.45) is 0.591. The molecule has 1 aliphatic heterocycles. The Morgan fingerprint density at radius 1 is 1.18 bits per heavy atom. The minimum atomic E-state index is -0.367. The van der Waals surface area contributed by atoms with Gasteiger partial charge in [-0.25, -0.2) is 9.18 Å². The van der Waals surface area contributed by atoms with Crippen LogP contribution in [0, 0.1) is 5.82 Å². The number of urea groups is 1. The third-order valence-corrected chi connectivity index (χ3v) is 3.93. The van der Waals surface area contributed by atoms with Gasteiger partial charge in [-0.15, -0.1) is 0 Å². The summed E-state index contributed by atoms with van der Waals surface area (Å²) in [5.74, 6) is -0.352. The quantitative estimate of drug-likeness (QED) is 0.828. The number of rotatable bonds is 6. The van der Waals surface area contributed by atoms with Crippen molar-refractivity contribution in [2.24, 2.45) is 0 Å². The van der Waals surface area contributed by atoms with Crippen LogP contribution in [0.25, 0.3) is 0 Å². The Kier molecular flexibility index (Phi) is 5.76. The minimum absolute atomic E-state index is 0.169. The van der Waals surface area contributed by atoms with Crippen molar-refractivity contribution in [1.29, 1.82) is 0 Å². The molecule has 6 nitrogen and oxygen atoms in total. The second-order valence-electron chi connectivity index (χ2n) is 4.66. The summed E-state index contributed by atoms with van der Waals surface area (Å²) in [5, 5.41) is 4.96. The lowest BCUT2D eigenvalue weighted by Crippen LogP contribution is -2.42. The lowest BCUT2D eigenvalue weighted by molar-refractivity contribution is -0.124. The average Bonchev–Trinajstić information content (AvgIpc) is 2.81. The lowest BCUT2D eigenvalue weighted by Gasteiger charge is -2.13. The summed E-state index contributed by atoms with van der Waals surface area (Å²) in [6.45, 7) is 0.797. The summed E-state index contributed by atoms with van der Waals surface area (Å²) in [6, 6.07) is 5.71. The maximum atomic E-state index is 12.7. The van der Waals surface area contributed by atoms with Crippen molar-refractivity contribution in [3.05, 3.63) is 35.6 Å². The smallest absolute Gasteiger partial charge is 0.314 e. The third-order valence-electron chi connectivity index (χ3n) is 3.07. The van der Waals surface area contributed by atoms with E-state index < -0.39 is 0 Å². The van der Waals surface area contributed by atoms with Crippen molar-refractivity contribution in [3.63, 3.8) is 0 Å². The van der Waals surface area contributed by atoms with Crippen LogP contribution in [-0.2, 0) is 11.2 Å². The molecule has 0 aromatic heterocycles. The summed E-state index contributed by atoms with van der Waals surface area (Å²) < 4.78 is 12.7. The van der Waals surface area contributed by atoms with Crippen molar-refractivity contribution in [3.8, 4) is 0 Å². The van der Waals surface area contributed by atoms with Gasteiger partial charge in [0.1, 0.15) is 5.82 Å². The first kappa shape index (κ1) is 16.3. The van der Waals surface area contributed by atoms with Gasteiger partial charge in [0.25, 0.3) is 5.24 Å². The molecule has 1 fully saturated rings. The molecule has 4 amide bonds. The number of benzene rings is 1. The van der Waals surface area contributed by atoms with E-state index in [-0.39, 0.29) is 41.8 Å². The molecular weight excluding hydrogens is 309 g/mol. The van der Waals surface area contributed by atoms with Crippen LogP contribution in [0.2, 0.25) is 0 Å². The molecule has 2 rings (SSSR count). The molecule has 0 unspecified atom stereocenters. The van der Waals surface area contributed by atoms with Crippen molar-refractivity contribution in [2.75, 3.05) is 25.4 Å². The van der Waals surface area contributed by atoms with Gasteiger partial charge in [-0.05, 0) is 24.1 Å². The number of carbonyl (C=O) groups excluding carboxylic acids is 3. The van der Waals surface area contributed by atoms with Gasteiger partial charge in [-0.3, -0.25) is 14.5 Å². The van der Waals surface area contributed by atoms with E-state index in [1.54, 1.807) is 12.1 Å². The molecule has 22 heavy (non-hydrogen) atoms. The molecule has 2 N–H and O–H groups in total. The monoisotopic (exact) mass is 325 g/mol. The number of imide groups is 1. The number of hydrogen-bond donors (Lipinski definition) is 2. The predicted octanol–water partition coefficient (Wildman–Crippen LogP) is 1.36. The lowest BCUT2D eigenvalue weighted by atomic mass is 10.1. The average molecular weight is 325 g/mol. The summed E-state index contributed by atoms with van der Waals surface area (Å²) in [7, 11) is 0. The zero-order chi connectivity index (χ0) is 15.9. The Bertz CT molecular complexity index is 549. The topological polar surface area (TPSA) is 78.5 Å². The summed E-state index contributed by atoms with van der Waals surface area (Å²) in [5.41, 5.74) is 0.923. The molecule has 1 aliphatic rings. The van der Waals surface area contributed by atoms with E-state index in [2.05, 4.69) is 10.6 Å². The maximum absolute atomic E-state index is 12.7. The Balaban J connectivity index is 1.61. The highest BCUT2D eigenvalue weighted by molar-refractivity contribution is 8.14. The van der Waals surface area contributed by atoms with E-state index in [0.29, 0.717) is 13.0 Å². The molecule has 1 aromatic rings. The number of nitrogens with zero attached hydrogens (tertiary/aromatic N) is 1. The first-order valence-corrected chi connectivity index (χ1v) is 7.78. The van der Waals surface area contributed by atoms with Crippen LogP contribution in [-0.4, -0.2) is 47.5 Å². The van der Waals surface area contributed by atoms with Crippen molar-refractivity contribution >= 4 is 28.9 Å². The largest absolute Gasteiger partial charge is 0.338 e. The van der Waals surface area contributed by atoms with Gasteiger partial charge in [-0.1, -0.05) is 23.9 Å². The number of amides is 4. The Labute approximate surface area is 131 Å². The number of hydrogen-bond acceptors (Lipinski definition) is 4. The molecule has 0 bridgehead atoms. The molecule has 0 atom stereocenters. The number of nitrogens with one attached hydrogen (secondary N) is 2. The minimum Gasteiger partial charge on any atom is -0.338 e. The zero-order valence-corrected chi connectivity index (χ0v) is 12.6. The highest BCUT2D eigenvalue weighted by atomic mass is 32.2. The molecule has 1 heterocycles. The normalized spacial score (nSPS) is 14.3. The molecule has 0 spiro atoms. The second kappa shape index (κ2) is 7.79. The van der Waals surface area contributed by atoms with Crippen LogP contribution in [0.15, 0.2) is 24.3 Å². The highest BCUT2D eigenvalue weighted by Crippen LogP contribution is 2.17. The molecule has 1 aromatic carbocycles. The Hall–Kier alpha value is -2.09. The number of thioether (sulfide) groups is 1. The van der Waals surface area contributed by atoms with Crippen LogP contribution in [0.1, 0.15) is 5.56 Å². The van der Waals surface area contributed by atoms with Crippen LogP contribution >= 0.6 is 11.8 Å². The highest BCUT2D eigenvalue weighted by Gasteiger charge is 2.29. The van der Waals surface area contributed by atoms with E-state index in [1.165, 1.54) is 12.1 Å². The van der Waals surface area contributed by atoms with Crippen LogP contribution in [0.4, 0.5) is 14.0 Å². The maximum Gasteiger partial charge on any atom is 0.314 e. The van der Waals surface area contributed by atoms with Gasteiger partial charge in [-0.2, -0.15) is 0 Å². The molecule has 0 aliphatic carbocycles. The van der Waals surface area contributed by atoms with Gasteiger partial charge in [0.15, 0.2) is 0 Å². The van der Waals surface area contributed by atoms with E-state index in [4.69, 9.17) is 0 Å².